The number of amides is 2. The first-order valence-electron chi connectivity index (χ1n) is 9.72. The summed E-state index contributed by atoms with van der Waals surface area (Å²) in [4.78, 5) is 36.6. The number of esters is 1. The van der Waals surface area contributed by atoms with Gasteiger partial charge in [0.1, 0.15) is 11.6 Å². The molecule has 1 aliphatic rings. The van der Waals surface area contributed by atoms with Crippen LogP contribution in [0.2, 0.25) is 0 Å². The number of hydrogen-bond donors (Lipinski definition) is 2. The lowest BCUT2D eigenvalue weighted by molar-refractivity contribution is -0.148. The second-order valence-electron chi connectivity index (χ2n) is 7.41. The van der Waals surface area contributed by atoms with Crippen molar-refractivity contribution >= 4 is 27.8 Å². The first-order valence-corrected chi connectivity index (χ1v) is 11.2. The summed E-state index contributed by atoms with van der Waals surface area (Å²) in [6, 6.07) is 7.21. The molecule has 1 aliphatic heterocycles. The number of nitrogens with zero attached hydrogens (tertiary/aromatic N) is 1. The van der Waals surface area contributed by atoms with Crippen LogP contribution in [0.25, 0.3) is 0 Å². The lowest BCUT2D eigenvalue weighted by Gasteiger charge is -2.29. The van der Waals surface area contributed by atoms with E-state index in [1.807, 2.05) is 0 Å². The summed E-state index contributed by atoms with van der Waals surface area (Å²) in [5.74, 6) is -4.07. The highest BCUT2D eigenvalue weighted by atomic mass is 32.2. The van der Waals surface area contributed by atoms with Gasteiger partial charge < -0.3 is 15.4 Å². The van der Waals surface area contributed by atoms with Gasteiger partial charge in [-0.3, -0.25) is 9.59 Å². The summed E-state index contributed by atoms with van der Waals surface area (Å²) in [6.07, 6.45) is 0. The minimum atomic E-state index is -3.97. The lowest BCUT2D eigenvalue weighted by atomic mass is 9.90. The molecule has 0 aromatic heterocycles. The molecule has 1 fully saturated rings. The molecule has 3 rings (SSSR count). The number of benzene rings is 2. The quantitative estimate of drug-likeness (QED) is 0.592. The highest BCUT2D eigenvalue weighted by Crippen LogP contribution is 2.27. The van der Waals surface area contributed by atoms with Gasteiger partial charge >= 0.3 is 5.97 Å². The predicted molar refractivity (Wildman–Crippen MR) is 111 cm³/mol. The van der Waals surface area contributed by atoms with Crippen molar-refractivity contribution in [2.24, 2.45) is 0 Å². The van der Waals surface area contributed by atoms with E-state index >= 15 is 0 Å². The van der Waals surface area contributed by atoms with Crippen molar-refractivity contribution in [1.82, 2.24) is 14.9 Å². The molecular weight excluding hydrogens is 460 g/mol. The summed E-state index contributed by atoms with van der Waals surface area (Å²) in [6.45, 7) is 1.13. The molecule has 0 aliphatic carbocycles. The van der Waals surface area contributed by atoms with E-state index in [-0.39, 0.29) is 30.1 Å². The summed E-state index contributed by atoms with van der Waals surface area (Å²) in [7, 11) is -2.94. The minimum absolute atomic E-state index is 0.0442. The van der Waals surface area contributed by atoms with Crippen molar-refractivity contribution in [3.05, 3.63) is 65.2 Å². The lowest BCUT2D eigenvalue weighted by Crippen LogP contribution is -2.50. The largest absolute Gasteiger partial charge is 0.467 e. The molecule has 33 heavy (non-hydrogen) atoms. The Kier molecular flexibility index (Phi) is 6.79. The van der Waals surface area contributed by atoms with E-state index in [0.29, 0.717) is 0 Å². The van der Waals surface area contributed by atoms with Gasteiger partial charge in [-0.2, -0.15) is 4.31 Å². The number of piperazine rings is 1. The van der Waals surface area contributed by atoms with E-state index in [9.17, 15) is 31.6 Å². The first kappa shape index (κ1) is 24.3. The fourth-order valence-corrected chi connectivity index (χ4v) is 4.76. The third kappa shape index (κ3) is 4.86. The van der Waals surface area contributed by atoms with Crippen LogP contribution in [0, 0.1) is 11.6 Å². The molecule has 2 aromatic carbocycles. The van der Waals surface area contributed by atoms with E-state index < -0.39 is 50.5 Å². The van der Waals surface area contributed by atoms with Crippen LogP contribution in [0.5, 0.6) is 0 Å². The van der Waals surface area contributed by atoms with Crippen LogP contribution >= 0.6 is 0 Å². The number of carbonyl (C=O) groups excluding carboxylic acids is 3. The van der Waals surface area contributed by atoms with Crippen molar-refractivity contribution in [2.45, 2.75) is 17.4 Å². The standard InChI is InChI=1S/C21H21F2N3O6S/c1-21(20(29)32-2,16-11-14(22)5-8-17(16)23)25-19(28)13-3-6-15(7-4-13)33(30,31)26-10-9-24-18(27)12-26/h3-8,11H,9-10,12H2,1-2H3,(H,24,27)(H,25,28). The van der Waals surface area contributed by atoms with Gasteiger partial charge in [-0.05, 0) is 49.4 Å². The number of ether oxygens (including phenoxy) is 1. The van der Waals surface area contributed by atoms with Crippen LogP contribution < -0.4 is 10.6 Å². The van der Waals surface area contributed by atoms with Gasteiger partial charge in [0.2, 0.25) is 15.9 Å². The maximum absolute atomic E-state index is 14.4. The smallest absolute Gasteiger partial charge is 0.336 e. The molecule has 12 heteroatoms. The number of sulfonamides is 1. The van der Waals surface area contributed by atoms with Gasteiger partial charge in [0.15, 0.2) is 5.54 Å². The zero-order valence-corrected chi connectivity index (χ0v) is 18.5. The molecule has 2 amide bonds. The molecule has 2 aromatic rings. The van der Waals surface area contributed by atoms with E-state index in [1.165, 1.54) is 24.3 Å². The van der Waals surface area contributed by atoms with E-state index in [4.69, 9.17) is 0 Å². The summed E-state index contributed by atoms with van der Waals surface area (Å²) in [5, 5.41) is 4.87. The molecule has 0 bridgehead atoms. The SMILES string of the molecule is COC(=O)C(C)(NC(=O)c1ccc(S(=O)(=O)N2CCNC(=O)C2)cc1)c1cc(F)ccc1F. The maximum Gasteiger partial charge on any atom is 0.336 e. The highest BCUT2D eigenvalue weighted by molar-refractivity contribution is 7.89. The Hall–Kier alpha value is -3.38. The van der Waals surface area contributed by atoms with Crippen molar-refractivity contribution in [3.63, 3.8) is 0 Å². The fourth-order valence-electron chi connectivity index (χ4n) is 3.36. The molecule has 1 atom stereocenters. The average molecular weight is 481 g/mol. The molecular formula is C21H21F2N3O6S. The Morgan fingerprint density at radius 3 is 2.42 bits per heavy atom. The molecule has 0 spiro atoms. The second-order valence-corrected chi connectivity index (χ2v) is 9.35. The number of hydrogen-bond acceptors (Lipinski definition) is 6. The third-order valence-electron chi connectivity index (χ3n) is 5.18. The number of halogens is 2. The molecule has 1 heterocycles. The Morgan fingerprint density at radius 1 is 1.15 bits per heavy atom. The summed E-state index contributed by atoms with van der Waals surface area (Å²) < 4.78 is 59.3. The number of carbonyl (C=O) groups is 3. The van der Waals surface area contributed by atoms with Crippen LogP contribution in [0.15, 0.2) is 47.4 Å². The summed E-state index contributed by atoms with van der Waals surface area (Å²) in [5.41, 5.74) is -2.55. The molecule has 1 unspecified atom stereocenters. The van der Waals surface area contributed by atoms with Crippen molar-refractivity contribution < 1.29 is 36.3 Å². The third-order valence-corrected chi connectivity index (χ3v) is 7.04. The maximum atomic E-state index is 14.4. The Balaban J connectivity index is 1.87. The zero-order valence-electron chi connectivity index (χ0n) is 17.7. The Labute approximate surface area is 188 Å². The monoisotopic (exact) mass is 481 g/mol. The number of nitrogens with one attached hydrogen (secondary N) is 2. The van der Waals surface area contributed by atoms with E-state index in [1.54, 1.807) is 0 Å². The van der Waals surface area contributed by atoms with E-state index in [2.05, 4.69) is 15.4 Å². The van der Waals surface area contributed by atoms with Crippen molar-refractivity contribution in [1.29, 1.82) is 0 Å². The van der Waals surface area contributed by atoms with Crippen LogP contribution in [0.1, 0.15) is 22.8 Å². The van der Waals surface area contributed by atoms with Gasteiger partial charge in [-0.25, -0.2) is 22.0 Å². The number of methoxy groups -OCH3 is 1. The van der Waals surface area contributed by atoms with Crippen LogP contribution in [-0.4, -0.2) is 57.3 Å². The predicted octanol–water partition coefficient (Wildman–Crippen LogP) is 0.904. The molecule has 2 N–H and O–H groups in total. The average Bonchev–Trinajstić information content (AvgIpc) is 2.80. The van der Waals surface area contributed by atoms with Crippen LogP contribution in [-0.2, 0) is 29.9 Å². The van der Waals surface area contributed by atoms with Gasteiger partial charge in [-0.1, -0.05) is 0 Å². The fraction of sp³-hybridized carbons (Fsp3) is 0.286. The van der Waals surface area contributed by atoms with Gasteiger partial charge in [0.25, 0.3) is 5.91 Å². The van der Waals surface area contributed by atoms with Crippen LogP contribution in [0.3, 0.4) is 0 Å². The first-order chi connectivity index (χ1) is 15.5. The molecule has 0 saturated carbocycles. The summed E-state index contributed by atoms with van der Waals surface area (Å²) >= 11 is 0. The van der Waals surface area contributed by atoms with E-state index in [0.717, 1.165) is 36.5 Å². The Morgan fingerprint density at radius 2 is 1.82 bits per heavy atom. The van der Waals surface area contributed by atoms with Gasteiger partial charge in [-0.15, -0.1) is 0 Å². The van der Waals surface area contributed by atoms with Gasteiger partial charge in [0, 0.05) is 24.2 Å². The molecule has 1 saturated heterocycles. The zero-order chi connectivity index (χ0) is 24.4. The normalized spacial score (nSPS) is 16.4. The highest BCUT2D eigenvalue weighted by Gasteiger charge is 2.41. The number of rotatable bonds is 6. The Bertz CT molecular complexity index is 1200. The molecule has 0 radical (unpaired) electrons. The van der Waals surface area contributed by atoms with Crippen molar-refractivity contribution in [2.75, 3.05) is 26.7 Å². The van der Waals surface area contributed by atoms with Gasteiger partial charge in [0.05, 0.1) is 18.6 Å². The minimum Gasteiger partial charge on any atom is -0.467 e. The second kappa shape index (κ2) is 9.24. The van der Waals surface area contributed by atoms with Crippen molar-refractivity contribution in [3.8, 4) is 0 Å². The molecule has 9 nitrogen and oxygen atoms in total. The van der Waals surface area contributed by atoms with Crippen LogP contribution in [0.4, 0.5) is 8.78 Å². The topological polar surface area (TPSA) is 122 Å². The molecule has 176 valence electrons.